The number of aliphatic hydroxyl groups excluding tert-OH is 1. The van der Waals surface area contributed by atoms with E-state index in [9.17, 15) is 23.1 Å². The molecule has 0 aliphatic carbocycles. The molecular weight excluding hydrogens is 299 g/mol. The molecule has 2 aliphatic rings. The first-order valence-corrected chi connectivity index (χ1v) is 7.76. The van der Waals surface area contributed by atoms with Gasteiger partial charge in [0.25, 0.3) is 0 Å². The van der Waals surface area contributed by atoms with Crippen molar-refractivity contribution in [1.82, 2.24) is 14.7 Å². The number of hydrogen-bond donors (Lipinski definition) is 1. The number of amides is 1. The van der Waals surface area contributed by atoms with Crippen molar-refractivity contribution in [2.75, 3.05) is 45.8 Å². The van der Waals surface area contributed by atoms with E-state index in [0.717, 1.165) is 6.42 Å². The number of alkyl halides is 3. The molecule has 5 nitrogen and oxygen atoms in total. The summed E-state index contributed by atoms with van der Waals surface area (Å²) >= 11 is 0. The summed E-state index contributed by atoms with van der Waals surface area (Å²) in [5.41, 5.74) is 0. The maximum absolute atomic E-state index is 12.7. The average Bonchev–Trinajstić information content (AvgIpc) is 2.83. The smallest absolute Gasteiger partial charge is 0.390 e. The predicted molar refractivity (Wildman–Crippen MR) is 75.4 cm³/mol. The second-order valence-electron chi connectivity index (χ2n) is 6.15. The molecule has 128 valence electrons. The molecule has 2 fully saturated rings. The summed E-state index contributed by atoms with van der Waals surface area (Å²) in [6.45, 7) is 4.29. The minimum absolute atomic E-state index is 0.0721. The van der Waals surface area contributed by atoms with Crippen molar-refractivity contribution in [3.05, 3.63) is 0 Å². The number of piperazine rings is 1. The summed E-state index contributed by atoms with van der Waals surface area (Å²) in [4.78, 5) is 16.5. The molecule has 2 atom stereocenters. The zero-order chi connectivity index (χ0) is 16.3. The van der Waals surface area contributed by atoms with Crippen LogP contribution in [0.4, 0.5) is 13.2 Å². The van der Waals surface area contributed by atoms with E-state index in [1.54, 1.807) is 4.90 Å². The SMILES string of the molecule is CC(N1CCN(CC(O)CN2CCCC2=O)CC1)C(F)(F)F. The molecule has 2 heterocycles. The second kappa shape index (κ2) is 7.14. The fourth-order valence-corrected chi connectivity index (χ4v) is 3.05. The van der Waals surface area contributed by atoms with Crippen molar-refractivity contribution in [1.29, 1.82) is 0 Å². The van der Waals surface area contributed by atoms with Crippen molar-refractivity contribution < 1.29 is 23.1 Å². The highest BCUT2D eigenvalue weighted by atomic mass is 19.4. The van der Waals surface area contributed by atoms with Crippen molar-refractivity contribution in [3.63, 3.8) is 0 Å². The number of nitrogens with zero attached hydrogens (tertiary/aromatic N) is 3. The molecule has 8 heteroatoms. The standard InChI is InChI=1S/C14H24F3N3O2/c1-11(14(15,16)17)19-7-5-18(6-8-19)9-12(21)10-20-4-2-3-13(20)22/h11-12,21H,2-10H2,1H3. The van der Waals surface area contributed by atoms with Crippen LogP contribution in [0.3, 0.4) is 0 Å². The summed E-state index contributed by atoms with van der Waals surface area (Å²) < 4.78 is 38.0. The number of carbonyl (C=O) groups excluding carboxylic acids is 1. The Hall–Kier alpha value is -0.860. The number of rotatable bonds is 5. The van der Waals surface area contributed by atoms with Crippen LogP contribution < -0.4 is 0 Å². The number of β-amino-alcohol motifs (C(OH)–C–C–N with tert-alkyl or cyclic N) is 1. The third-order valence-corrected chi connectivity index (χ3v) is 4.50. The minimum atomic E-state index is -4.20. The molecule has 0 aromatic rings. The summed E-state index contributed by atoms with van der Waals surface area (Å²) in [7, 11) is 0. The lowest BCUT2D eigenvalue weighted by Gasteiger charge is -2.39. The summed E-state index contributed by atoms with van der Waals surface area (Å²) in [5.74, 6) is 0.0721. The highest BCUT2D eigenvalue weighted by Gasteiger charge is 2.40. The number of halogens is 3. The zero-order valence-electron chi connectivity index (χ0n) is 12.8. The van der Waals surface area contributed by atoms with Gasteiger partial charge in [-0.3, -0.25) is 14.6 Å². The monoisotopic (exact) mass is 323 g/mol. The van der Waals surface area contributed by atoms with Gasteiger partial charge in [0.15, 0.2) is 0 Å². The Bertz CT molecular complexity index is 384. The zero-order valence-corrected chi connectivity index (χ0v) is 12.8. The Balaban J connectivity index is 1.72. The van der Waals surface area contributed by atoms with Crippen LogP contribution in [0.5, 0.6) is 0 Å². The van der Waals surface area contributed by atoms with Gasteiger partial charge in [0, 0.05) is 52.2 Å². The predicted octanol–water partition coefficient (Wildman–Crippen LogP) is 0.538. The maximum Gasteiger partial charge on any atom is 0.403 e. The van der Waals surface area contributed by atoms with Crippen molar-refractivity contribution in [3.8, 4) is 0 Å². The lowest BCUT2D eigenvalue weighted by Crippen LogP contribution is -2.55. The number of carbonyl (C=O) groups is 1. The maximum atomic E-state index is 12.7. The lowest BCUT2D eigenvalue weighted by molar-refractivity contribution is -0.182. The van der Waals surface area contributed by atoms with Crippen molar-refractivity contribution in [2.24, 2.45) is 0 Å². The molecule has 0 bridgehead atoms. The fraction of sp³-hybridized carbons (Fsp3) is 0.929. The second-order valence-corrected chi connectivity index (χ2v) is 6.15. The van der Waals surface area contributed by atoms with Gasteiger partial charge in [0.05, 0.1) is 6.10 Å². The Morgan fingerprint density at radius 1 is 1.14 bits per heavy atom. The highest BCUT2D eigenvalue weighted by molar-refractivity contribution is 5.78. The van der Waals surface area contributed by atoms with Crippen LogP contribution in [0, 0.1) is 0 Å². The first-order chi connectivity index (χ1) is 10.3. The molecule has 2 saturated heterocycles. The fourth-order valence-electron chi connectivity index (χ4n) is 3.05. The van der Waals surface area contributed by atoms with Crippen LogP contribution in [0.2, 0.25) is 0 Å². The average molecular weight is 323 g/mol. The molecule has 0 radical (unpaired) electrons. The van der Waals surface area contributed by atoms with Crippen LogP contribution in [-0.2, 0) is 4.79 Å². The van der Waals surface area contributed by atoms with Gasteiger partial charge in [0.2, 0.25) is 5.91 Å². The molecule has 2 rings (SSSR count). The van der Waals surface area contributed by atoms with Crippen LogP contribution in [-0.4, -0.2) is 89.8 Å². The number of likely N-dealkylation sites (tertiary alicyclic amines) is 1. The summed E-state index contributed by atoms with van der Waals surface area (Å²) in [6, 6.07) is -1.43. The Morgan fingerprint density at radius 2 is 1.77 bits per heavy atom. The van der Waals surface area contributed by atoms with Crippen molar-refractivity contribution >= 4 is 5.91 Å². The van der Waals surface area contributed by atoms with E-state index in [1.807, 2.05) is 4.90 Å². The third kappa shape index (κ3) is 4.57. The van der Waals surface area contributed by atoms with Gasteiger partial charge in [-0.05, 0) is 13.3 Å². The largest absolute Gasteiger partial charge is 0.403 e. The normalized spacial score (nSPS) is 24.8. The molecule has 1 amide bonds. The van der Waals surface area contributed by atoms with Gasteiger partial charge in [-0.2, -0.15) is 13.2 Å². The van der Waals surface area contributed by atoms with Gasteiger partial charge in [-0.25, -0.2) is 0 Å². The summed E-state index contributed by atoms with van der Waals surface area (Å²) in [6.07, 6.45) is -3.47. The van der Waals surface area contributed by atoms with Crippen molar-refractivity contribution in [2.45, 2.75) is 38.1 Å². The topological polar surface area (TPSA) is 47.0 Å². The quantitative estimate of drug-likeness (QED) is 0.802. The van der Waals surface area contributed by atoms with Gasteiger partial charge >= 0.3 is 6.18 Å². The molecule has 22 heavy (non-hydrogen) atoms. The molecule has 1 N–H and O–H groups in total. The van der Waals surface area contributed by atoms with Crippen LogP contribution in [0.1, 0.15) is 19.8 Å². The van der Waals surface area contributed by atoms with E-state index in [1.165, 1.54) is 11.8 Å². The van der Waals surface area contributed by atoms with Gasteiger partial charge in [0.1, 0.15) is 6.04 Å². The molecule has 0 saturated carbocycles. The van der Waals surface area contributed by atoms with E-state index in [-0.39, 0.29) is 5.91 Å². The van der Waals surface area contributed by atoms with E-state index in [4.69, 9.17) is 0 Å². The van der Waals surface area contributed by atoms with Gasteiger partial charge < -0.3 is 10.0 Å². The molecule has 2 unspecified atom stereocenters. The first-order valence-electron chi connectivity index (χ1n) is 7.76. The Kier molecular flexibility index (Phi) is 5.68. The molecular formula is C14H24F3N3O2. The Morgan fingerprint density at radius 3 is 2.27 bits per heavy atom. The van der Waals surface area contributed by atoms with Crippen LogP contribution >= 0.6 is 0 Å². The highest BCUT2D eigenvalue weighted by Crippen LogP contribution is 2.25. The minimum Gasteiger partial charge on any atom is -0.390 e. The van der Waals surface area contributed by atoms with E-state index in [2.05, 4.69) is 0 Å². The van der Waals surface area contributed by atoms with Gasteiger partial charge in [-0.15, -0.1) is 0 Å². The van der Waals surface area contributed by atoms with E-state index < -0.39 is 18.3 Å². The van der Waals surface area contributed by atoms with Crippen LogP contribution in [0.25, 0.3) is 0 Å². The molecule has 2 aliphatic heterocycles. The molecule has 0 spiro atoms. The summed E-state index contributed by atoms with van der Waals surface area (Å²) in [5, 5.41) is 10.1. The van der Waals surface area contributed by atoms with Gasteiger partial charge in [-0.1, -0.05) is 0 Å². The first kappa shape index (κ1) is 17.5. The lowest BCUT2D eigenvalue weighted by atomic mass is 10.2. The van der Waals surface area contributed by atoms with Crippen LogP contribution in [0.15, 0.2) is 0 Å². The Labute approximate surface area is 128 Å². The van der Waals surface area contributed by atoms with E-state index >= 15 is 0 Å². The number of hydrogen-bond acceptors (Lipinski definition) is 4. The third-order valence-electron chi connectivity index (χ3n) is 4.50. The number of aliphatic hydroxyl groups is 1. The molecule has 0 aromatic carbocycles. The molecule has 0 aromatic heterocycles. The van der Waals surface area contributed by atoms with E-state index in [0.29, 0.717) is 52.2 Å².